The third kappa shape index (κ3) is 4.66. The Hall–Kier alpha value is -2.02. The van der Waals surface area contributed by atoms with Crippen LogP contribution >= 0.6 is 11.3 Å². The molecule has 0 spiro atoms. The van der Waals surface area contributed by atoms with Crippen LogP contribution in [-0.2, 0) is 28.3 Å². The number of halogens is 3. The van der Waals surface area contributed by atoms with Gasteiger partial charge in [-0.2, -0.15) is 13.2 Å². The van der Waals surface area contributed by atoms with Crippen molar-refractivity contribution in [3.63, 3.8) is 0 Å². The minimum Gasteiger partial charge on any atom is -0.444 e. The summed E-state index contributed by atoms with van der Waals surface area (Å²) in [7, 11) is -1.56. The monoisotopic (exact) mass is 466 g/mol. The smallest absolute Gasteiger partial charge is 0.444 e. The number of rotatable bonds is 3. The van der Waals surface area contributed by atoms with Gasteiger partial charge in [0.15, 0.2) is 14.7 Å². The second-order valence-electron chi connectivity index (χ2n) is 7.91. The molecule has 2 atom stereocenters. The molecule has 0 aliphatic carbocycles. The number of fused-ring (bicyclic) bond motifs is 1. The molecule has 3 heterocycles. The highest BCUT2D eigenvalue weighted by molar-refractivity contribution is 7.86. The Kier molecular flexibility index (Phi) is 5.98. The van der Waals surface area contributed by atoms with Gasteiger partial charge in [-0.3, -0.25) is 13.6 Å². The van der Waals surface area contributed by atoms with E-state index in [1.165, 1.54) is 11.2 Å². The molecule has 1 fully saturated rings. The second-order valence-corrected chi connectivity index (χ2v) is 10.4. The maximum atomic E-state index is 13.7. The topological polar surface area (TPSA) is 94.4 Å². The molecule has 8 nitrogen and oxygen atoms in total. The lowest BCUT2D eigenvalue weighted by atomic mass is 10.2. The van der Waals surface area contributed by atoms with Crippen LogP contribution in [0, 0.1) is 0 Å². The van der Waals surface area contributed by atoms with Gasteiger partial charge in [0.25, 0.3) is 5.56 Å². The molecule has 3 rings (SSSR count). The largest absolute Gasteiger partial charge is 0.449 e. The lowest BCUT2D eigenvalue weighted by Gasteiger charge is -2.29. The van der Waals surface area contributed by atoms with Gasteiger partial charge in [0, 0.05) is 19.3 Å². The van der Waals surface area contributed by atoms with Gasteiger partial charge in [-0.1, -0.05) is 11.3 Å². The number of alkyl halides is 3. The molecule has 1 aliphatic heterocycles. The van der Waals surface area contributed by atoms with Crippen molar-refractivity contribution >= 4 is 38.6 Å². The summed E-state index contributed by atoms with van der Waals surface area (Å²) in [5.41, 5.74) is -2.00. The normalized spacial score (nSPS) is 18.8. The summed E-state index contributed by atoms with van der Waals surface area (Å²) in [5, 5.41) is 0. The molecule has 13 heteroatoms. The van der Waals surface area contributed by atoms with Crippen LogP contribution in [0.5, 0.6) is 0 Å². The van der Waals surface area contributed by atoms with E-state index in [1.54, 1.807) is 20.8 Å². The van der Waals surface area contributed by atoms with E-state index < -0.39 is 52.6 Å². The summed E-state index contributed by atoms with van der Waals surface area (Å²) in [4.78, 5) is 34.0. The van der Waals surface area contributed by atoms with Gasteiger partial charge >= 0.3 is 12.3 Å². The molecule has 1 unspecified atom stereocenters. The van der Waals surface area contributed by atoms with E-state index in [-0.39, 0.29) is 14.7 Å². The molecule has 1 saturated heterocycles. The SMILES string of the molecule is CS(=O)c1nc2c(=O)n(C[C@H]3CCCN3C(=O)OC(C)(C)C)c(C(F)(F)F)nc2s1. The summed E-state index contributed by atoms with van der Waals surface area (Å²) in [6.45, 7) is 5.01. The number of nitrogens with zero attached hydrogens (tertiary/aromatic N) is 4. The van der Waals surface area contributed by atoms with E-state index in [0.717, 1.165) is 0 Å². The highest BCUT2D eigenvalue weighted by atomic mass is 32.2. The average molecular weight is 467 g/mol. The lowest BCUT2D eigenvalue weighted by molar-refractivity contribution is -0.148. The fraction of sp³-hybridized carbons (Fsp3) is 0.647. The third-order valence-electron chi connectivity index (χ3n) is 4.40. The van der Waals surface area contributed by atoms with Gasteiger partial charge in [-0.15, -0.1) is 0 Å². The fourth-order valence-corrected chi connectivity index (χ4v) is 4.78. The van der Waals surface area contributed by atoms with Crippen molar-refractivity contribution in [2.75, 3.05) is 12.8 Å². The van der Waals surface area contributed by atoms with Crippen LogP contribution in [0.15, 0.2) is 9.13 Å². The Balaban J connectivity index is 2.04. The highest BCUT2D eigenvalue weighted by Gasteiger charge is 2.40. The molecule has 0 radical (unpaired) electrons. The average Bonchev–Trinajstić information content (AvgIpc) is 3.21. The first-order chi connectivity index (χ1) is 13.8. The summed E-state index contributed by atoms with van der Waals surface area (Å²) in [6, 6.07) is -0.656. The van der Waals surface area contributed by atoms with Crippen LogP contribution in [-0.4, -0.2) is 54.2 Å². The van der Waals surface area contributed by atoms with Gasteiger partial charge < -0.3 is 9.64 Å². The third-order valence-corrected chi connectivity index (χ3v) is 6.68. The number of hydrogen-bond donors (Lipinski definition) is 0. The number of ether oxygens (including phenoxy) is 1. The zero-order valence-electron chi connectivity index (χ0n) is 16.8. The van der Waals surface area contributed by atoms with Crippen LogP contribution in [0.3, 0.4) is 0 Å². The fourth-order valence-electron chi connectivity index (χ4n) is 3.19. The second kappa shape index (κ2) is 7.91. The van der Waals surface area contributed by atoms with Crippen LogP contribution in [0.2, 0.25) is 0 Å². The first-order valence-corrected chi connectivity index (χ1v) is 11.5. The van der Waals surface area contributed by atoms with E-state index in [2.05, 4.69) is 9.97 Å². The number of carbonyl (C=O) groups is 1. The van der Waals surface area contributed by atoms with Gasteiger partial charge in [-0.25, -0.2) is 14.8 Å². The number of carbonyl (C=O) groups excluding carboxylic acids is 1. The molecule has 166 valence electrons. The zero-order chi connectivity index (χ0) is 22.4. The Labute approximate surface area is 176 Å². The standard InChI is InChI=1S/C17H21F3N4O4S2/c1-16(2,3)28-15(26)23-7-5-6-9(23)8-24-12(25)10-11(22-13(24)17(18,19)20)29-14(21-10)30(4)27/h9H,5-8H2,1-4H3/t9-,30?/m1/s1. The summed E-state index contributed by atoms with van der Waals surface area (Å²) < 4.78 is 58.5. The highest BCUT2D eigenvalue weighted by Crippen LogP contribution is 2.31. The predicted octanol–water partition coefficient (Wildman–Crippen LogP) is 3.01. The molecule has 1 aliphatic rings. The van der Waals surface area contributed by atoms with Gasteiger partial charge in [-0.05, 0) is 33.6 Å². The van der Waals surface area contributed by atoms with Gasteiger partial charge in [0.1, 0.15) is 5.60 Å². The van der Waals surface area contributed by atoms with Crippen molar-refractivity contribution in [3.8, 4) is 0 Å². The van der Waals surface area contributed by atoms with E-state index in [4.69, 9.17) is 4.74 Å². The van der Waals surface area contributed by atoms with E-state index in [9.17, 15) is 27.0 Å². The van der Waals surface area contributed by atoms with Crippen molar-refractivity contribution < 1.29 is 26.9 Å². The van der Waals surface area contributed by atoms with Crippen LogP contribution < -0.4 is 5.56 Å². The molecule has 0 saturated carbocycles. The minimum atomic E-state index is -4.89. The molecule has 2 aromatic rings. The van der Waals surface area contributed by atoms with E-state index in [1.807, 2.05) is 0 Å². The maximum Gasteiger partial charge on any atom is 0.449 e. The Morgan fingerprint density at radius 3 is 2.53 bits per heavy atom. The Bertz CT molecular complexity index is 1060. The van der Waals surface area contributed by atoms with Crippen molar-refractivity contribution in [2.24, 2.45) is 0 Å². The zero-order valence-corrected chi connectivity index (χ0v) is 18.4. The predicted molar refractivity (Wildman–Crippen MR) is 105 cm³/mol. The molecule has 0 aromatic carbocycles. The van der Waals surface area contributed by atoms with Crippen molar-refractivity contribution in [1.82, 2.24) is 19.4 Å². The van der Waals surface area contributed by atoms with E-state index in [0.29, 0.717) is 35.3 Å². The number of amides is 1. The first kappa shape index (κ1) is 22.7. The van der Waals surface area contributed by atoms with Gasteiger partial charge in [0.05, 0.1) is 16.8 Å². The van der Waals surface area contributed by atoms with Crippen LogP contribution in [0.4, 0.5) is 18.0 Å². The Morgan fingerprint density at radius 2 is 1.97 bits per heavy atom. The quantitative estimate of drug-likeness (QED) is 0.690. The minimum absolute atomic E-state index is 0.0247. The number of aromatic nitrogens is 3. The molecular weight excluding hydrogens is 445 g/mol. The molecular formula is C17H21F3N4O4S2. The van der Waals surface area contributed by atoms with Crippen LogP contribution in [0.1, 0.15) is 39.4 Å². The molecule has 0 bridgehead atoms. The van der Waals surface area contributed by atoms with E-state index >= 15 is 0 Å². The van der Waals surface area contributed by atoms with Gasteiger partial charge in [0.2, 0.25) is 5.82 Å². The maximum absolute atomic E-state index is 13.7. The number of thiazole rings is 1. The van der Waals surface area contributed by atoms with Crippen LogP contribution in [0.25, 0.3) is 10.3 Å². The summed E-state index contributed by atoms with van der Waals surface area (Å²) in [6.07, 6.45) is -3.22. The molecule has 2 aromatic heterocycles. The number of hydrogen-bond acceptors (Lipinski definition) is 7. The molecule has 30 heavy (non-hydrogen) atoms. The van der Waals surface area contributed by atoms with Crippen molar-refractivity contribution in [1.29, 1.82) is 0 Å². The van der Waals surface area contributed by atoms with Crippen molar-refractivity contribution in [3.05, 3.63) is 16.2 Å². The summed E-state index contributed by atoms with van der Waals surface area (Å²) in [5.74, 6) is -1.37. The Morgan fingerprint density at radius 1 is 1.30 bits per heavy atom. The lowest BCUT2D eigenvalue weighted by Crippen LogP contribution is -2.44. The molecule has 1 amide bonds. The number of likely N-dealkylation sites (tertiary alicyclic amines) is 1. The summed E-state index contributed by atoms with van der Waals surface area (Å²) >= 11 is 0.693. The van der Waals surface area contributed by atoms with Crippen molar-refractivity contribution in [2.45, 2.75) is 62.3 Å². The molecule has 0 N–H and O–H groups in total. The first-order valence-electron chi connectivity index (χ1n) is 9.09.